The number of likely N-dealkylation sites (tertiary alicyclic amines) is 1. The smallest absolute Gasteiger partial charge is 0.273 e. The molecular weight excluding hydrogens is 374 g/mol. The van der Waals surface area contributed by atoms with E-state index < -0.39 is 0 Å². The van der Waals surface area contributed by atoms with Gasteiger partial charge >= 0.3 is 0 Å². The Balaban J connectivity index is 1.36. The van der Waals surface area contributed by atoms with Crippen LogP contribution in [0.5, 0.6) is 0 Å². The molecule has 144 valence electrons. The molecule has 7 nitrogen and oxygen atoms in total. The predicted octanol–water partition coefficient (Wildman–Crippen LogP) is 2.57. The third kappa shape index (κ3) is 4.12. The van der Waals surface area contributed by atoms with E-state index in [1.807, 2.05) is 52.7 Å². The number of amides is 2. The van der Waals surface area contributed by atoms with Crippen LogP contribution in [0.15, 0.2) is 54.0 Å². The number of nitrogens with zero attached hydrogens (tertiary/aromatic N) is 4. The van der Waals surface area contributed by atoms with Crippen molar-refractivity contribution < 1.29 is 9.59 Å². The van der Waals surface area contributed by atoms with Gasteiger partial charge in [0.05, 0.1) is 23.7 Å². The summed E-state index contributed by atoms with van der Waals surface area (Å²) in [5.74, 6) is -0.188. The van der Waals surface area contributed by atoms with E-state index in [2.05, 4.69) is 15.6 Å². The maximum Gasteiger partial charge on any atom is 0.273 e. The van der Waals surface area contributed by atoms with Gasteiger partial charge in [0, 0.05) is 13.1 Å². The summed E-state index contributed by atoms with van der Waals surface area (Å²) >= 11 is 1.46. The van der Waals surface area contributed by atoms with Gasteiger partial charge in [-0.1, -0.05) is 41.6 Å². The monoisotopic (exact) mass is 395 g/mol. The van der Waals surface area contributed by atoms with Gasteiger partial charge in [-0.25, -0.2) is 4.68 Å². The van der Waals surface area contributed by atoms with Crippen LogP contribution in [0.4, 0.5) is 0 Å². The highest BCUT2D eigenvalue weighted by Gasteiger charge is 2.30. The van der Waals surface area contributed by atoms with Crippen LogP contribution in [0.25, 0.3) is 0 Å². The van der Waals surface area contributed by atoms with E-state index in [-0.39, 0.29) is 23.6 Å². The van der Waals surface area contributed by atoms with Crippen molar-refractivity contribution in [3.05, 3.63) is 70.2 Å². The van der Waals surface area contributed by atoms with Gasteiger partial charge in [0.2, 0.25) is 0 Å². The second kappa shape index (κ2) is 8.35. The van der Waals surface area contributed by atoms with E-state index in [9.17, 15) is 9.59 Å². The summed E-state index contributed by atoms with van der Waals surface area (Å²) in [6.45, 7) is 1.73. The topological polar surface area (TPSA) is 80.1 Å². The van der Waals surface area contributed by atoms with E-state index >= 15 is 0 Å². The van der Waals surface area contributed by atoms with Crippen LogP contribution >= 0.6 is 11.3 Å². The molecule has 1 atom stereocenters. The first-order valence-electron chi connectivity index (χ1n) is 9.27. The van der Waals surface area contributed by atoms with Crippen LogP contribution in [0, 0.1) is 0 Å². The number of nitrogens with one attached hydrogen (secondary N) is 1. The third-order valence-corrected chi connectivity index (χ3v) is 5.69. The molecule has 0 radical (unpaired) electrons. The Hall–Kier alpha value is -3.00. The molecule has 1 aliphatic rings. The van der Waals surface area contributed by atoms with Gasteiger partial charge in [-0.3, -0.25) is 9.59 Å². The lowest BCUT2D eigenvalue weighted by Crippen LogP contribution is -2.37. The normalized spacial score (nSPS) is 16.3. The van der Waals surface area contributed by atoms with Gasteiger partial charge < -0.3 is 10.2 Å². The Bertz CT molecular complexity index is 939. The van der Waals surface area contributed by atoms with Crippen molar-refractivity contribution >= 4 is 23.2 Å². The minimum absolute atomic E-state index is 0.0662. The van der Waals surface area contributed by atoms with Crippen molar-refractivity contribution in [1.82, 2.24) is 25.2 Å². The van der Waals surface area contributed by atoms with Crippen molar-refractivity contribution in [1.29, 1.82) is 0 Å². The lowest BCUT2D eigenvalue weighted by atomic mass is 10.2. The van der Waals surface area contributed by atoms with Gasteiger partial charge in [-0.05, 0) is 29.9 Å². The summed E-state index contributed by atoms with van der Waals surface area (Å²) in [5.41, 5.74) is 1.31. The molecule has 1 N–H and O–H groups in total. The summed E-state index contributed by atoms with van der Waals surface area (Å²) in [4.78, 5) is 27.6. The molecule has 28 heavy (non-hydrogen) atoms. The summed E-state index contributed by atoms with van der Waals surface area (Å²) in [5, 5.41) is 12.8. The van der Waals surface area contributed by atoms with Gasteiger partial charge in [0.1, 0.15) is 0 Å². The fraction of sp³-hybridized carbons (Fsp3) is 0.300. The highest BCUT2D eigenvalue weighted by atomic mass is 32.1. The average Bonchev–Trinajstić information content (AvgIpc) is 3.48. The van der Waals surface area contributed by atoms with Crippen LogP contribution < -0.4 is 5.32 Å². The SMILES string of the molecule is O=C(NCc1ccccc1)c1cn(CC2CCCN2C(=O)c2cccs2)nn1. The Morgan fingerprint density at radius 2 is 2.04 bits per heavy atom. The average molecular weight is 395 g/mol. The molecule has 0 aliphatic carbocycles. The van der Waals surface area contributed by atoms with Gasteiger partial charge in [0.15, 0.2) is 5.69 Å². The molecule has 0 bridgehead atoms. The number of hydrogen-bond acceptors (Lipinski definition) is 5. The highest BCUT2D eigenvalue weighted by Crippen LogP contribution is 2.23. The van der Waals surface area contributed by atoms with E-state index in [0.717, 1.165) is 29.8 Å². The molecule has 1 aliphatic heterocycles. The lowest BCUT2D eigenvalue weighted by molar-refractivity contribution is 0.0725. The van der Waals surface area contributed by atoms with Crippen LogP contribution in [0.1, 0.15) is 38.6 Å². The summed E-state index contributed by atoms with van der Waals surface area (Å²) in [7, 11) is 0. The molecule has 1 aromatic carbocycles. The molecule has 4 rings (SSSR count). The van der Waals surface area contributed by atoms with E-state index in [0.29, 0.717) is 13.1 Å². The number of thiophene rings is 1. The number of carbonyl (C=O) groups is 2. The second-order valence-corrected chi connectivity index (χ2v) is 7.71. The highest BCUT2D eigenvalue weighted by molar-refractivity contribution is 7.12. The van der Waals surface area contributed by atoms with Crippen molar-refractivity contribution in [2.45, 2.75) is 32.0 Å². The Morgan fingerprint density at radius 3 is 2.82 bits per heavy atom. The molecule has 1 unspecified atom stereocenters. The first kappa shape index (κ1) is 18.4. The van der Waals surface area contributed by atoms with Crippen molar-refractivity contribution in [2.24, 2.45) is 0 Å². The van der Waals surface area contributed by atoms with Gasteiger partial charge in [-0.15, -0.1) is 16.4 Å². The Morgan fingerprint density at radius 1 is 1.18 bits per heavy atom. The quantitative estimate of drug-likeness (QED) is 0.696. The Labute approximate surface area is 167 Å². The van der Waals surface area contributed by atoms with E-state index in [4.69, 9.17) is 0 Å². The molecule has 8 heteroatoms. The van der Waals surface area contributed by atoms with Crippen LogP contribution in [-0.2, 0) is 13.1 Å². The largest absolute Gasteiger partial charge is 0.347 e. The van der Waals surface area contributed by atoms with Gasteiger partial charge in [-0.2, -0.15) is 0 Å². The molecule has 1 fully saturated rings. The minimum Gasteiger partial charge on any atom is -0.347 e. The van der Waals surface area contributed by atoms with E-state index in [1.165, 1.54) is 11.3 Å². The van der Waals surface area contributed by atoms with Crippen LogP contribution in [-0.4, -0.2) is 44.3 Å². The van der Waals surface area contributed by atoms with Crippen molar-refractivity contribution in [2.75, 3.05) is 6.54 Å². The van der Waals surface area contributed by atoms with E-state index in [1.54, 1.807) is 10.9 Å². The summed E-state index contributed by atoms with van der Waals surface area (Å²) in [6.07, 6.45) is 3.54. The van der Waals surface area contributed by atoms with Crippen molar-refractivity contribution in [3.63, 3.8) is 0 Å². The molecule has 3 heterocycles. The summed E-state index contributed by atoms with van der Waals surface area (Å²) < 4.78 is 1.65. The van der Waals surface area contributed by atoms with Crippen LogP contribution in [0.3, 0.4) is 0 Å². The molecule has 1 saturated heterocycles. The number of hydrogen-bond donors (Lipinski definition) is 1. The second-order valence-electron chi connectivity index (χ2n) is 6.77. The Kier molecular flexibility index (Phi) is 5.48. The fourth-order valence-corrected chi connectivity index (χ4v) is 4.09. The zero-order valence-corrected chi connectivity index (χ0v) is 16.1. The first-order valence-corrected chi connectivity index (χ1v) is 10.2. The zero-order valence-electron chi connectivity index (χ0n) is 15.3. The molecule has 0 spiro atoms. The van der Waals surface area contributed by atoms with Crippen LogP contribution in [0.2, 0.25) is 0 Å². The maximum atomic E-state index is 12.7. The number of carbonyl (C=O) groups excluding carboxylic acids is 2. The maximum absolute atomic E-state index is 12.7. The molecule has 3 aromatic rings. The standard InChI is InChI=1S/C20H21N5O2S/c26-19(21-12-15-6-2-1-3-7-15)17-14-24(23-22-17)13-16-8-4-10-25(16)20(27)18-9-5-11-28-18/h1-3,5-7,9,11,14,16H,4,8,10,12-13H2,(H,21,26). The fourth-order valence-electron chi connectivity index (χ4n) is 3.41. The lowest BCUT2D eigenvalue weighted by Gasteiger charge is -2.23. The minimum atomic E-state index is -0.256. The first-order chi connectivity index (χ1) is 13.7. The number of rotatable bonds is 6. The number of aromatic nitrogens is 3. The zero-order chi connectivity index (χ0) is 19.3. The molecule has 0 saturated carbocycles. The third-order valence-electron chi connectivity index (χ3n) is 4.83. The molecule has 2 aromatic heterocycles. The van der Waals surface area contributed by atoms with Gasteiger partial charge in [0.25, 0.3) is 11.8 Å². The molecule has 2 amide bonds. The summed E-state index contributed by atoms with van der Waals surface area (Å²) in [6, 6.07) is 13.5. The van der Waals surface area contributed by atoms with Crippen molar-refractivity contribution in [3.8, 4) is 0 Å². The number of benzene rings is 1. The molecular formula is C20H21N5O2S. The predicted molar refractivity (Wildman–Crippen MR) is 106 cm³/mol.